The predicted molar refractivity (Wildman–Crippen MR) is 122 cm³/mol. The molecule has 1 aromatic carbocycles. The standard InChI is InChI=1S/C23H33Cl2N3O2/c1-4-26-11-13-27(14-12-26)21(29)15-17-7-9-28(10-8-17)22(30)23(2,3)18-5-6-19(24)20(25)16-18/h5-6,16-17H,4,7-15H2,1-3H3. The summed E-state index contributed by atoms with van der Waals surface area (Å²) >= 11 is 12.2. The topological polar surface area (TPSA) is 43.9 Å². The zero-order chi connectivity index (χ0) is 21.9. The van der Waals surface area contributed by atoms with Crippen LogP contribution in [0.2, 0.25) is 10.0 Å². The van der Waals surface area contributed by atoms with E-state index in [4.69, 9.17) is 23.2 Å². The first kappa shape index (κ1) is 23.4. The predicted octanol–water partition coefficient (Wildman–Crippen LogP) is 4.06. The largest absolute Gasteiger partial charge is 0.342 e. The van der Waals surface area contributed by atoms with E-state index in [1.165, 1.54) is 0 Å². The first-order valence-electron chi connectivity index (χ1n) is 11.0. The third-order valence-corrected chi connectivity index (χ3v) is 7.45. The Morgan fingerprint density at radius 2 is 1.60 bits per heavy atom. The lowest BCUT2D eigenvalue weighted by molar-refractivity contribution is -0.138. The van der Waals surface area contributed by atoms with E-state index in [0.29, 0.717) is 35.5 Å². The van der Waals surface area contributed by atoms with Crippen LogP contribution in [-0.2, 0) is 15.0 Å². The number of halogens is 2. The van der Waals surface area contributed by atoms with Crippen molar-refractivity contribution < 1.29 is 9.59 Å². The number of likely N-dealkylation sites (tertiary alicyclic amines) is 1. The lowest BCUT2D eigenvalue weighted by Gasteiger charge is -2.38. The van der Waals surface area contributed by atoms with Gasteiger partial charge in [-0.2, -0.15) is 0 Å². The number of likely N-dealkylation sites (N-methyl/N-ethyl adjacent to an activating group) is 1. The minimum absolute atomic E-state index is 0.0985. The first-order valence-corrected chi connectivity index (χ1v) is 11.7. The van der Waals surface area contributed by atoms with E-state index in [0.717, 1.165) is 51.1 Å². The summed E-state index contributed by atoms with van der Waals surface area (Å²) in [6, 6.07) is 5.40. The number of piperazine rings is 1. The molecular formula is C23H33Cl2N3O2. The SMILES string of the molecule is CCN1CCN(C(=O)CC2CCN(C(=O)C(C)(C)c3ccc(Cl)c(Cl)c3)CC2)CC1. The van der Waals surface area contributed by atoms with E-state index in [1.54, 1.807) is 12.1 Å². The van der Waals surface area contributed by atoms with Gasteiger partial charge in [0, 0.05) is 45.7 Å². The zero-order valence-electron chi connectivity index (χ0n) is 18.3. The van der Waals surface area contributed by atoms with E-state index >= 15 is 0 Å². The van der Waals surface area contributed by atoms with Crippen LogP contribution in [0.5, 0.6) is 0 Å². The molecule has 7 heteroatoms. The van der Waals surface area contributed by atoms with Gasteiger partial charge in [-0.3, -0.25) is 9.59 Å². The van der Waals surface area contributed by atoms with E-state index in [1.807, 2.05) is 29.7 Å². The van der Waals surface area contributed by atoms with Gasteiger partial charge in [-0.1, -0.05) is 36.2 Å². The fraction of sp³-hybridized carbons (Fsp3) is 0.652. The lowest BCUT2D eigenvalue weighted by atomic mass is 9.82. The van der Waals surface area contributed by atoms with Gasteiger partial charge >= 0.3 is 0 Å². The second-order valence-electron chi connectivity index (χ2n) is 9.01. The minimum atomic E-state index is -0.671. The van der Waals surface area contributed by atoms with Crippen molar-refractivity contribution in [1.29, 1.82) is 0 Å². The molecule has 5 nitrogen and oxygen atoms in total. The Morgan fingerprint density at radius 1 is 0.967 bits per heavy atom. The first-order chi connectivity index (χ1) is 14.2. The Labute approximate surface area is 190 Å². The molecular weight excluding hydrogens is 421 g/mol. The summed E-state index contributed by atoms with van der Waals surface area (Å²) in [6.07, 6.45) is 2.36. The van der Waals surface area contributed by atoms with Crippen LogP contribution in [0.4, 0.5) is 0 Å². The third-order valence-electron chi connectivity index (χ3n) is 6.71. The van der Waals surface area contributed by atoms with Gasteiger partial charge in [0.1, 0.15) is 0 Å². The van der Waals surface area contributed by atoms with Gasteiger partial charge in [0.15, 0.2) is 0 Å². The van der Waals surface area contributed by atoms with Crippen LogP contribution >= 0.6 is 23.2 Å². The number of hydrogen-bond donors (Lipinski definition) is 0. The molecule has 2 amide bonds. The summed E-state index contributed by atoms with van der Waals surface area (Å²) in [5.41, 5.74) is 0.195. The maximum absolute atomic E-state index is 13.2. The highest BCUT2D eigenvalue weighted by atomic mass is 35.5. The monoisotopic (exact) mass is 453 g/mol. The molecule has 2 aliphatic rings. The quantitative estimate of drug-likeness (QED) is 0.674. The number of amides is 2. The summed E-state index contributed by atoms with van der Waals surface area (Å²) in [7, 11) is 0. The summed E-state index contributed by atoms with van der Waals surface area (Å²) in [6.45, 7) is 12.1. The Balaban J connectivity index is 1.51. The van der Waals surface area contributed by atoms with Crippen LogP contribution in [-0.4, -0.2) is 72.3 Å². The third kappa shape index (κ3) is 5.30. The van der Waals surface area contributed by atoms with Crippen molar-refractivity contribution in [3.05, 3.63) is 33.8 Å². The van der Waals surface area contributed by atoms with Gasteiger partial charge in [-0.05, 0) is 56.8 Å². The van der Waals surface area contributed by atoms with Crippen molar-refractivity contribution in [2.45, 2.75) is 45.4 Å². The Kier molecular flexibility index (Phi) is 7.70. The molecule has 166 valence electrons. The van der Waals surface area contributed by atoms with Gasteiger partial charge < -0.3 is 14.7 Å². The van der Waals surface area contributed by atoms with Gasteiger partial charge in [0.2, 0.25) is 11.8 Å². The molecule has 0 atom stereocenters. The molecule has 0 spiro atoms. The van der Waals surface area contributed by atoms with Crippen LogP contribution in [0, 0.1) is 5.92 Å². The second kappa shape index (κ2) is 9.88. The lowest BCUT2D eigenvalue weighted by Crippen LogP contribution is -2.50. The zero-order valence-corrected chi connectivity index (χ0v) is 19.8. The highest BCUT2D eigenvalue weighted by molar-refractivity contribution is 6.42. The molecule has 0 N–H and O–H groups in total. The Hall–Kier alpha value is -1.30. The molecule has 2 saturated heterocycles. The minimum Gasteiger partial charge on any atom is -0.342 e. The molecule has 3 rings (SSSR count). The van der Waals surface area contributed by atoms with Crippen molar-refractivity contribution in [2.75, 3.05) is 45.8 Å². The molecule has 0 aromatic heterocycles. The highest BCUT2D eigenvalue weighted by Gasteiger charge is 2.36. The molecule has 0 saturated carbocycles. The Morgan fingerprint density at radius 3 is 2.17 bits per heavy atom. The van der Waals surface area contributed by atoms with E-state index in [-0.39, 0.29) is 11.8 Å². The molecule has 2 aliphatic heterocycles. The summed E-state index contributed by atoms with van der Waals surface area (Å²) in [4.78, 5) is 32.2. The fourth-order valence-corrected chi connectivity index (χ4v) is 4.73. The average Bonchev–Trinajstić information content (AvgIpc) is 2.75. The van der Waals surface area contributed by atoms with Crippen molar-refractivity contribution in [2.24, 2.45) is 5.92 Å². The number of benzene rings is 1. The van der Waals surface area contributed by atoms with Crippen LogP contribution in [0.15, 0.2) is 18.2 Å². The smallest absolute Gasteiger partial charge is 0.232 e. The van der Waals surface area contributed by atoms with Gasteiger partial charge in [0.25, 0.3) is 0 Å². The normalized spacial score (nSPS) is 19.2. The molecule has 0 radical (unpaired) electrons. The average molecular weight is 454 g/mol. The van der Waals surface area contributed by atoms with E-state index in [2.05, 4.69) is 11.8 Å². The van der Waals surface area contributed by atoms with E-state index in [9.17, 15) is 9.59 Å². The Bertz CT molecular complexity index is 768. The van der Waals surface area contributed by atoms with Crippen molar-refractivity contribution in [3.63, 3.8) is 0 Å². The molecule has 2 fully saturated rings. The number of rotatable bonds is 5. The van der Waals surface area contributed by atoms with E-state index < -0.39 is 5.41 Å². The van der Waals surface area contributed by atoms with Gasteiger partial charge in [0.05, 0.1) is 15.5 Å². The molecule has 0 aliphatic carbocycles. The van der Waals surface area contributed by atoms with Crippen LogP contribution in [0.3, 0.4) is 0 Å². The number of carbonyl (C=O) groups is 2. The highest BCUT2D eigenvalue weighted by Crippen LogP contribution is 2.33. The molecule has 0 unspecified atom stereocenters. The maximum atomic E-state index is 13.2. The number of carbonyl (C=O) groups excluding carboxylic acids is 2. The van der Waals surface area contributed by atoms with Crippen LogP contribution < -0.4 is 0 Å². The fourth-order valence-electron chi connectivity index (χ4n) is 4.43. The van der Waals surface area contributed by atoms with Crippen molar-refractivity contribution in [3.8, 4) is 0 Å². The number of piperidine rings is 1. The summed E-state index contributed by atoms with van der Waals surface area (Å²) in [5.74, 6) is 0.729. The van der Waals surface area contributed by atoms with Crippen molar-refractivity contribution >= 4 is 35.0 Å². The molecule has 2 heterocycles. The second-order valence-corrected chi connectivity index (χ2v) is 9.82. The number of nitrogens with zero attached hydrogens (tertiary/aromatic N) is 3. The van der Waals surface area contributed by atoms with Crippen LogP contribution in [0.1, 0.15) is 45.6 Å². The van der Waals surface area contributed by atoms with Gasteiger partial charge in [-0.15, -0.1) is 0 Å². The summed E-state index contributed by atoms with van der Waals surface area (Å²) in [5, 5.41) is 0.956. The molecule has 30 heavy (non-hydrogen) atoms. The summed E-state index contributed by atoms with van der Waals surface area (Å²) < 4.78 is 0. The molecule has 1 aromatic rings. The van der Waals surface area contributed by atoms with Gasteiger partial charge in [-0.25, -0.2) is 0 Å². The molecule has 0 bridgehead atoms. The maximum Gasteiger partial charge on any atom is 0.232 e. The van der Waals surface area contributed by atoms with Crippen molar-refractivity contribution in [1.82, 2.24) is 14.7 Å². The van der Waals surface area contributed by atoms with Crippen LogP contribution in [0.25, 0.3) is 0 Å². The number of hydrogen-bond acceptors (Lipinski definition) is 3.